The molecular weight excluding hydrogens is 460 g/mol. The Bertz CT molecular complexity index is 1130. The molecule has 0 amide bonds. The zero-order valence-electron chi connectivity index (χ0n) is 23.1. The minimum atomic E-state index is -0.495. The number of rotatable bonds is 14. The van der Waals surface area contributed by atoms with Crippen LogP contribution < -0.4 is 5.63 Å². The van der Waals surface area contributed by atoms with Gasteiger partial charge in [-0.1, -0.05) is 86.2 Å². The molecule has 0 unspecified atom stereocenters. The van der Waals surface area contributed by atoms with Crippen LogP contribution in [-0.4, -0.2) is 16.3 Å². The summed E-state index contributed by atoms with van der Waals surface area (Å²) in [5, 5.41) is 20.7. The molecule has 0 spiro atoms. The van der Waals surface area contributed by atoms with Crippen LogP contribution in [0.2, 0.25) is 0 Å². The molecule has 2 aromatic rings. The highest BCUT2D eigenvalue weighted by Crippen LogP contribution is 2.23. The van der Waals surface area contributed by atoms with Gasteiger partial charge in [0, 0.05) is 11.5 Å². The van der Waals surface area contributed by atoms with Gasteiger partial charge in [0.25, 0.3) is 0 Å². The Kier molecular flexibility index (Phi) is 12.9. The Balaban J connectivity index is 1.67. The van der Waals surface area contributed by atoms with Crippen molar-refractivity contribution in [3.05, 3.63) is 105 Å². The average molecular weight is 505 g/mol. The van der Waals surface area contributed by atoms with E-state index in [4.69, 9.17) is 4.42 Å². The lowest BCUT2D eigenvalue weighted by atomic mass is 9.88. The van der Waals surface area contributed by atoms with E-state index in [0.29, 0.717) is 11.3 Å². The van der Waals surface area contributed by atoms with Crippen LogP contribution in [0, 0.1) is 25.7 Å². The van der Waals surface area contributed by atoms with Crippen molar-refractivity contribution in [1.29, 1.82) is 0 Å². The second kappa shape index (κ2) is 15.9. The van der Waals surface area contributed by atoms with Gasteiger partial charge < -0.3 is 14.6 Å². The van der Waals surface area contributed by atoms with Crippen LogP contribution >= 0.6 is 0 Å². The van der Waals surface area contributed by atoms with Crippen molar-refractivity contribution in [1.82, 2.24) is 0 Å². The van der Waals surface area contributed by atoms with E-state index in [9.17, 15) is 15.0 Å². The molecule has 3 atom stereocenters. The fourth-order valence-electron chi connectivity index (χ4n) is 4.17. The molecule has 0 aliphatic rings. The third-order valence-corrected chi connectivity index (χ3v) is 6.86. The third-order valence-electron chi connectivity index (χ3n) is 6.86. The number of allylic oxidation sites excluding steroid dienone is 6. The van der Waals surface area contributed by atoms with E-state index in [2.05, 4.69) is 69.3 Å². The summed E-state index contributed by atoms with van der Waals surface area (Å²) < 4.78 is 5.25. The zero-order chi connectivity index (χ0) is 27.2. The summed E-state index contributed by atoms with van der Waals surface area (Å²) >= 11 is 0. The molecule has 0 aliphatic heterocycles. The number of aliphatic hydroxyl groups is 1. The third kappa shape index (κ3) is 10.4. The molecule has 1 aromatic heterocycles. The Morgan fingerprint density at radius 2 is 1.70 bits per heavy atom. The Hall–Kier alpha value is -3.11. The van der Waals surface area contributed by atoms with Crippen molar-refractivity contribution in [3.63, 3.8) is 0 Å². The Labute approximate surface area is 222 Å². The van der Waals surface area contributed by atoms with Gasteiger partial charge in [-0.3, -0.25) is 0 Å². The smallest absolute Gasteiger partial charge is 0.342 e. The van der Waals surface area contributed by atoms with Gasteiger partial charge in [0.2, 0.25) is 0 Å². The van der Waals surface area contributed by atoms with Crippen LogP contribution in [0.1, 0.15) is 75.3 Å². The topological polar surface area (TPSA) is 70.7 Å². The van der Waals surface area contributed by atoms with Crippen molar-refractivity contribution >= 4 is 6.08 Å². The van der Waals surface area contributed by atoms with Crippen molar-refractivity contribution in [2.75, 3.05) is 0 Å². The first-order valence-corrected chi connectivity index (χ1v) is 13.4. The summed E-state index contributed by atoms with van der Waals surface area (Å²) in [5.74, 6) is 0.780. The molecule has 1 aromatic carbocycles. The van der Waals surface area contributed by atoms with Gasteiger partial charge in [-0.05, 0) is 76.9 Å². The van der Waals surface area contributed by atoms with Gasteiger partial charge in [0.05, 0.1) is 11.7 Å². The molecular formula is C33H44O4. The maximum absolute atomic E-state index is 11.7. The highest BCUT2D eigenvalue weighted by atomic mass is 16.4. The summed E-state index contributed by atoms with van der Waals surface area (Å²) in [4.78, 5) is 11.7. The second-order valence-electron chi connectivity index (χ2n) is 10.1. The number of aryl methyl sites for hydroxylation is 1. The van der Waals surface area contributed by atoms with Crippen molar-refractivity contribution in [2.45, 2.75) is 79.2 Å². The molecule has 0 fully saturated rings. The van der Waals surface area contributed by atoms with Gasteiger partial charge in [0.15, 0.2) is 0 Å². The highest BCUT2D eigenvalue weighted by molar-refractivity contribution is 5.52. The number of aromatic hydroxyl groups is 1. The van der Waals surface area contributed by atoms with Crippen molar-refractivity contribution in [2.24, 2.45) is 11.8 Å². The average Bonchev–Trinajstić information content (AvgIpc) is 2.90. The second-order valence-corrected chi connectivity index (χ2v) is 10.1. The molecule has 0 bridgehead atoms. The molecule has 0 aliphatic carbocycles. The quantitative estimate of drug-likeness (QED) is 0.203. The predicted octanol–water partition coefficient (Wildman–Crippen LogP) is 7.86. The minimum absolute atomic E-state index is 0.0123. The number of hydrogen-bond acceptors (Lipinski definition) is 4. The van der Waals surface area contributed by atoms with Crippen LogP contribution in [-0.2, 0) is 6.42 Å². The monoisotopic (exact) mass is 504 g/mol. The lowest BCUT2D eigenvalue weighted by Crippen LogP contribution is -2.24. The Morgan fingerprint density at radius 1 is 1.03 bits per heavy atom. The highest BCUT2D eigenvalue weighted by Gasteiger charge is 2.19. The standard InChI is InChI=1S/C33H44O4/c1-24(17-15-18-25(2)31(34)26(3)22-23-29-19-12-10-13-20-29)16-11-8-6-7-9-14-21-30-27(4)32(35)28(5)33(36)37-30/h10-21,25-26,31,34-35H,6-9,22-23H2,1-5H3/b16-11+,18-15+,21-14-,24-17+/t25-,26+,31+/m1/s1. The first-order chi connectivity index (χ1) is 17.7. The molecule has 4 nitrogen and oxygen atoms in total. The number of aliphatic hydroxyl groups excluding tert-OH is 1. The van der Waals surface area contributed by atoms with E-state index in [-0.39, 0.29) is 29.3 Å². The van der Waals surface area contributed by atoms with Gasteiger partial charge in [-0.2, -0.15) is 0 Å². The van der Waals surface area contributed by atoms with Crippen LogP contribution in [0.5, 0.6) is 5.75 Å². The van der Waals surface area contributed by atoms with E-state index < -0.39 is 5.63 Å². The fourth-order valence-corrected chi connectivity index (χ4v) is 4.17. The van der Waals surface area contributed by atoms with Crippen LogP contribution in [0.15, 0.2) is 81.6 Å². The number of benzene rings is 1. The van der Waals surface area contributed by atoms with E-state index in [0.717, 1.165) is 38.5 Å². The SMILES string of the molecule is CC(/C=C/CCCC/C=C\c1oc(=O)c(C)c(O)c1C)=C\C=C\[C@@H](C)[C@H](O)[C@@H](C)CCc1ccccc1. The lowest BCUT2D eigenvalue weighted by Gasteiger charge is -2.22. The molecule has 0 saturated heterocycles. The molecule has 2 N–H and O–H groups in total. The lowest BCUT2D eigenvalue weighted by molar-refractivity contribution is 0.0791. The maximum atomic E-state index is 11.7. The van der Waals surface area contributed by atoms with E-state index in [1.807, 2.05) is 18.2 Å². The summed E-state index contributed by atoms with van der Waals surface area (Å²) in [6, 6.07) is 10.4. The molecule has 0 saturated carbocycles. The summed E-state index contributed by atoms with van der Waals surface area (Å²) in [6.45, 7) is 9.59. The molecule has 2 rings (SSSR count). The predicted molar refractivity (Wildman–Crippen MR) is 155 cm³/mol. The molecule has 37 heavy (non-hydrogen) atoms. The molecule has 1 heterocycles. The summed E-state index contributed by atoms with van der Waals surface area (Å²) in [7, 11) is 0. The molecule has 200 valence electrons. The van der Waals surface area contributed by atoms with Crippen LogP contribution in [0.25, 0.3) is 6.08 Å². The molecule has 4 heteroatoms. The maximum Gasteiger partial charge on any atom is 0.342 e. The first-order valence-electron chi connectivity index (χ1n) is 13.4. The normalized spacial score (nSPS) is 15.1. The number of unbranched alkanes of at least 4 members (excludes halogenated alkanes) is 3. The van der Waals surface area contributed by atoms with Gasteiger partial charge in [-0.25, -0.2) is 4.79 Å². The van der Waals surface area contributed by atoms with Gasteiger partial charge >= 0.3 is 5.63 Å². The van der Waals surface area contributed by atoms with Crippen LogP contribution in [0.4, 0.5) is 0 Å². The minimum Gasteiger partial charge on any atom is -0.507 e. The largest absolute Gasteiger partial charge is 0.507 e. The first kappa shape index (κ1) is 30.1. The summed E-state index contributed by atoms with van der Waals surface area (Å²) in [5.41, 5.74) is 2.84. The van der Waals surface area contributed by atoms with E-state index in [1.54, 1.807) is 19.9 Å². The van der Waals surface area contributed by atoms with Crippen molar-refractivity contribution < 1.29 is 14.6 Å². The Morgan fingerprint density at radius 3 is 2.41 bits per heavy atom. The van der Waals surface area contributed by atoms with E-state index in [1.165, 1.54) is 11.1 Å². The van der Waals surface area contributed by atoms with E-state index >= 15 is 0 Å². The van der Waals surface area contributed by atoms with Gasteiger partial charge in [-0.15, -0.1) is 0 Å². The van der Waals surface area contributed by atoms with Crippen molar-refractivity contribution in [3.8, 4) is 5.75 Å². The zero-order valence-corrected chi connectivity index (χ0v) is 23.1. The molecule has 0 radical (unpaired) electrons. The van der Waals surface area contributed by atoms with Gasteiger partial charge in [0.1, 0.15) is 11.5 Å². The van der Waals surface area contributed by atoms with Crippen LogP contribution in [0.3, 0.4) is 0 Å². The fraction of sp³-hybridized carbons (Fsp3) is 0.424. The number of hydrogen-bond donors (Lipinski definition) is 2. The summed E-state index contributed by atoms with van der Waals surface area (Å²) in [6.07, 6.45) is 19.9.